The quantitative estimate of drug-likeness (QED) is 0.328. The van der Waals surface area contributed by atoms with Crippen LogP contribution in [-0.4, -0.2) is 56.4 Å². The molecule has 0 radical (unpaired) electrons. The first-order valence-electron chi connectivity index (χ1n) is 13.3. The second-order valence-corrected chi connectivity index (χ2v) is 24.4. The van der Waals surface area contributed by atoms with Crippen molar-refractivity contribution in [3.05, 3.63) is 47.2 Å². The number of nitrogens with zero attached hydrogens (tertiary/aromatic N) is 1. The van der Waals surface area contributed by atoms with Gasteiger partial charge in [0.1, 0.15) is 31.4 Å². The van der Waals surface area contributed by atoms with Crippen molar-refractivity contribution in [2.24, 2.45) is 0 Å². The smallest absolute Gasteiger partial charge is 0.341 e. The summed E-state index contributed by atoms with van der Waals surface area (Å²) >= 11 is 1.57. The van der Waals surface area contributed by atoms with E-state index >= 15 is 0 Å². The molecule has 2 aliphatic heterocycles. The third-order valence-electron chi connectivity index (χ3n) is 8.58. The normalized spacial score (nSPS) is 21.4. The van der Waals surface area contributed by atoms with Gasteiger partial charge in [0, 0.05) is 5.75 Å². The summed E-state index contributed by atoms with van der Waals surface area (Å²) in [7, 11) is -4.43. The van der Waals surface area contributed by atoms with Crippen LogP contribution in [0, 0.1) is 0 Å². The van der Waals surface area contributed by atoms with E-state index in [4.69, 9.17) is 4.43 Å². The summed E-state index contributed by atoms with van der Waals surface area (Å²) in [5.74, 6) is -0.320. The van der Waals surface area contributed by atoms with Crippen molar-refractivity contribution in [3.63, 3.8) is 0 Å². The number of fused-ring (bicyclic) bond motifs is 1. The lowest BCUT2D eigenvalue weighted by Crippen LogP contribution is -2.71. The number of hydrogen-bond donors (Lipinski definition) is 2. The van der Waals surface area contributed by atoms with Crippen LogP contribution in [0.2, 0.25) is 36.3 Å². The van der Waals surface area contributed by atoms with Crippen LogP contribution in [0.15, 0.2) is 41.6 Å². The molecule has 210 valence electrons. The van der Waals surface area contributed by atoms with Gasteiger partial charge in [-0.1, -0.05) is 85.0 Å². The maximum absolute atomic E-state index is 13.7. The van der Waals surface area contributed by atoms with Crippen molar-refractivity contribution < 1.29 is 18.8 Å². The Morgan fingerprint density at radius 1 is 1.03 bits per heavy atom. The standard InChI is InChI=1S/C28H45N3O4SSi2/c1-18-17-36-25-21(24(33)31(25)22(18)26(34)35-38(10,11)28(5,6)7)29-23(32)20(19-15-13-12-14-16-19)30-37(8,9)27(2,3)4/h12-16,20-21,25,30H,17H2,1-11H3,(H,29,32). The van der Waals surface area contributed by atoms with Crippen LogP contribution >= 0.6 is 11.8 Å². The molecule has 0 saturated carbocycles. The van der Waals surface area contributed by atoms with Crippen molar-refractivity contribution in [1.29, 1.82) is 0 Å². The molecule has 38 heavy (non-hydrogen) atoms. The number of amides is 2. The highest BCUT2D eigenvalue weighted by atomic mass is 32.2. The van der Waals surface area contributed by atoms with E-state index in [1.165, 1.54) is 4.90 Å². The molecule has 1 saturated heterocycles. The second-order valence-electron chi connectivity index (χ2n) is 13.5. The van der Waals surface area contributed by atoms with Gasteiger partial charge in [0.05, 0.1) is 0 Å². The minimum atomic E-state index is -2.37. The fraction of sp³-hybridized carbons (Fsp3) is 0.607. The van der Waals surface area contributed by atoms with Crippen LogP contribution in [0.25, 0.3) is 0 Å². The van der Waals surface area contributed by atoms with Gasteiger partial charge in [-0.2, -0.15) is 0 Å². The van der Waals surface area contributed by atoms with E-state index in [9.17, 15) is 14.4 Å². The predicted molar refractivity (Wildman–Crippen MR) is 161 cm³/mol. The van der Waals surface area contributed by atoms with Crippen molar-refractivity contribution in [1.82, 2.24) is 15.2 Å². The Bertz CT molecular complexity index is 1120. The van der Waals surface area contributed by atoms with Crippen LogP contribution < -0.4 is 10.3 Å². The van der Waals surface area contributed by atoms with Crippen molar-refractivity contribution in [2.75, 3.05) is 5.75 Å². The number of rotatable bonds is 7. The zero-order valence-corrected chi connectivity index (χ0v) is 27.6. The molecular formula is C28H45N3O4SSi2. The summed E-state index contributed by atoms with van der Waals surface area (Å²) in [6.45, 7) is 23.2. The van der Waals surface area contributed by atoms with E-state index in [0.29, 0.717) is 11.4 Å². The van der Waals surface area contributed by atoms with Crippen molar-refractivity contribution >= 4 is 46.1 Å². The van der Waals surface area contributed by atoms with Gasteiger partial charge in [0.15, 0.2) is 0 Å². The van der Waals surface area contributed by atoms with Gasteiger partial charge in [-0.15, -0.1) is 11.8 Å². The topological polar surface area (TPSA) is 87.7 Å². The molecular weight excluding hydrogens is 531 g/mol. The highest BCUT2D eigenvalue weighted by molar-refractivity contribution is 8.00. The fourth-order valence-electron chi connectivity index (χ4n) is 3.96. The van der Waals surface area contributed by atoms with Gasteiger partial charge in [0.2, 0.25) is 5.91 Å². The zero-order valence-electron chi connectivity index (χ0n) is 24.8. The molecule has 0 aliphatic carbocycles. The minimum absolute atomic E-state index is 0.0182. The molecule has 3 atom stereocenters. The van der Waals surface area contributed by atoms with Crippen LogP contribution in [0.1, 0.15) is 60.1 Å². The number of thioether (sulfide) groups is 1. The summed E-state index contributed by atoms with van der Waals surface area (Å²) in [4.78, 5) is 45.7. The molecule has 10 heteroatoms. The maximum atomic E-state index is 13.7. The van der Waals surface area contributed by atoms with Gasteiger partial charge < -0.3 is 14.7 Å². The van der Waals surface area contributed by atoms with Gasteiger partial charge in [-0.05, 0) is 41.2 Å². The van der Waals surface area contributed by atoms with Gasteiger partial charge in [-0.3, -0.25) is 14.5 Å². The molecule has 0 spiro atoms. The summed E-state index contributed by atoms with van der Waals surface area (Å²) < 4.78 is 6.06. The molecule has 2 amide bonds. The summed E-state index contributed by atoms with van der Waals surface area (Å²) in [6.07, 6.45) is 0. The Hall–Kier alpha value is -1.89. The molecule has 1 fully saturated rings. The molecule has 0 bridgehead atoms. The van der Waals surface area contributed by atoms with Crippen LogP contribution in [-0.2, 0) is 18.8 Å². The van der Waals surface area contributed by atoms with Crippen LogP contribution in [0.5, 0.6) is 0 Å². The van der Waals surface area contributed by atoms with Gasteiger partial charge in [-0.25, -0.2) is 4.79 Å². The fourth-order valence-corrected chi connectivity index (χ4v) is 7.57. The Balaban J connectivity index is 1.81. The first kappa shape index (κ1) is 30.7. The molecule has 0 aromatic heterocycles. The Labute approximate surface area is 234 Å². The molecule has 3 rings (SSSR count). The molecule has 1 aromatic carbocycles. The summed E-state index contributed by atoms with van der Waals surface area (Å²) in [6, 6.07) is 8.38. The molecule has 7 nitrogen and oxygen atoms in total. The second kappa shape index (κ2) is 10.6. The van der Waals surface area contributed by atoms with Crippen molar-refractivity contribution in [3.8, 4) is 0 Å². The molecule has 1 aromatic rings. The zero-order chi connectivity index (χ0) is 28.8. The van der Waals surface area contributed by atoms with Crippen molar-refractivity contribution in [2.45, 2.75) is 102 Å². The maximum Gasteiger partial charge on any atom is 0.341 e. The number of carbonyl (C=O) groups excluding carboxylic acids is 3. The average molecular weight is 576 g/mol. The summed E-state index contributed by atoms with van der Waals surface area (Å²) in [5.41, 5.74) is 2.03. The lowest BCUT2D eigenvalue weighted by atomic mass is 10.0. The molecule has 3 unspecified atom stereocenters. The van der Waals surface area contributed by atoms with E-state index in [1.54, 1.807) is 11.8 Å². The Morgan fingerprint density at radius 2 is 1.61 bits per heavy atom. The van der Waals surface area contributed by atoms with Gasteiger partial charge >= 0.3 is 5.97 Å². The largest absolute Gasteiger partial charge is 0.515 e. The van der Waals surface area contributed by atoms with Gasteiger partial charge in [0.25, 0.3) is 14.2 Å². The Kier molecular flexibility index (Phi) is 8.54. The lowest BCUT2D eigenvalue weighted by Gasteiger charge is -2.50. The number of nitrogens with one attached hydrogen (secondary N) is 2. The first-order chi connectivity index (χ1) is 17.3. The Morgan fingerprint density at radius 3 is 2.13 bits per heavy atom. The third kappa shape index (κ3) is 5.98. The minimum Gasteiger partial charge on any atom is -0.515 e. The van der Waals surface area contributed by atoms with Crippen LogP contribution in [0.4, 0.5) is 0 Å². The van der Waals surface area contributed by atoms with E-state index in [1.807, 2.05) is 50.3 Å². The number of benzene rings is 1. The highest BCUT2D eigenvalue weighted by Crippen LogP contribution is 2.43. The van der Waals surface area contributed by atoms with E-state index in [-0.39, 0.29) is 27.3 Å². The van der Waals surface area contributed by atoms with E-state index < -0.39 is 34.6 Å². The monoisotopic (exact) mass is 575 g/mol. The predicted octanol–water partition coefficient (Wildman–Crippen LogP) is 5.54. The average Bonchev–Trinajstić information content (AvgIpc) is 2.79. The molecule has 2 N–H and O–H groups in total. The number of β-lactam (4-membered cyclic amide) rings is 1. The molecule has 2 heterocycles. The third-order valence-corrected chi connectivity index (χ3v) is 19.1. The van der Waals surface area contributed by atoms with E-state index in [2.05, 4.69) is 64.9 Å². The van der Waals surface area contributed by atoms with Crippen LogP contribution in [0.3, 0.4) is 0 Å². The van der Waals surface area contributed by atoms with E-state index in [0.717, 1.165) is 11.1 Å². The molecule has 2 aliphatic rings. The SMILES string of the molecule is CC1=C(C(=O)O[Si](C)(C)C(C)(C)C)N2C(=O)C(NC(=O)C(N[Si](C)(C)C(C)(C)C)c3ccccc3)C2SC1. The summed E-state index contributed by atoms with van der Waals surface area (Å²) in [5, 5.41) is 2.57. The number of hydrogen-bond acceptors (Lipinski definition) is 6. The number of carbonyl (C=O) groups is 3. The first-order valence-corrected chi connectivity index (χ1v) is 20.2. The highest BCUT2D eigenvalue weighted by Gasteiger charge is 2.55. The lowest BCUT2D eigenvalue weighted by molar-refractivity contribution is -0.150.